The van der Waals surface area contributed by atoms with E-state index >= 15 is 0 Å². The van der Waals surface area contributed by atoms with Gasteiger partial charge in [-0.15, -0.1) is 10.2 Å². The van der Waals surface area contributed by atoms with Gasteiger partial charge in [-0.05, 0) is 20.9 Å². The Morgan fingerprint density at radius 2 is 2.00 bits per heavy atom. The molecule has 2 aromatic rings. The summed E-state index contributed by atoms with van der Waals surface area (Å²) in [5.74, 6) is 0. The third-order valence-corrected chi connectivity index (χ3v) is 2.84. The van der Waals surface area contributed by atoms with Gasteiger partial charge in [0.25, 0.3) is 6.47 Å². The van der Waals surface area contributed by atoms with Gasteiger partial charge in [0.15, 0.2) is 0 Å². The Kier molecular flexibility index (Phi) is 7.10. The summed E-state index contributed by atoms with van der Waals surface area (Å²) >= 11 is 0. The van der Waals surface area contributed by atoms with E-state index in [4.69, 9.17) is 9.90 Å². The van der Waals surface area contributed by atoms with Gasteiger partial charge < -0.3 is 14.6 Å². The fourth-order valence-electron chi connectivity index (χ4n) is 1.76. The molecule has 0 fully saturated rings. The van der Waals surface area contributed by atoms with E-state index in [0.717, 1.165) is 19.6 Å². The first-order chi connectivity index (χ1) is 10.1. The molecule has 21 heavy (non-hydrogen) atoms. The summed E-state index contributed by atoms with van der Waals surface area (Å²) in [5, 5.41) is 18.8. The minimum absolute atomic E-state index is 0.250. The summed E-state index contributed by atoms with van der Waals surface area (Å²) in [7, 11) is 2.11. The summed E-state index contributed by atoms with van der Waals surface area (Å²) in [6.45, 7) is 6.79. The molecular weight excluding hydrogens is 272 g/mol. The van der Waals surface area contributed by atoms with E-state index in [9.17, 15) is 0 Å². The van der Waals surface area contributed by atoms with E-state index in [-0.39, 0.29) is 6.47 Å². The van der Waals surface area contributed by atoms with Crippen molar-refractivity contribution in [3.63, 3.8) is 0 Å². The van der Waals surface area contributed by atoms with Crippen molar-refractivity contribution in [2.24, 2.45) is 0 Å². The number of nitrogens with zero attached hydrogens (tertiary/aromatic N) is 6. The highest BCUT2D eigenvalue weighted by Crippen LogP contribution is 2.07. The predicted octanol–water partition coefficient (Wildman–Crippen LogP) is 0.888. The molecule has 0 bridgehead atoms. The highest BCUT2D eigenvalue weighted by Gasteiger charge is 2.05. The number of carboxylic acid groups (broad SMARTS) is 1. The van der Waals surface area contributed by atoms with Gasteiger partial charge in [0.2, 0.25) is 0 Å². The Hall–Kier alpha value is -2.22. The minimum Gasteiger partial charge on any atom is -0.483 e. The van der Waals surface area contributed by atoms with E-state index in [0.29, 0.717) is 6.04 Å². The van der Waals surface area contributed by atoms with E-state index in [2.05, 4.69) is 47.3 Å². The summed E-state index contributed by atoms with van der Waals surface area (Å²) in [6, 6.07) is 0.418. The molecule has 2 aromatic heterocycles. The molecule has 0 aliphatic carbocycles. The molecule has 0 aliphatic heterocycles. The average Bonchev–Trinajstić information content (AvgIpc) is 3.08. The third kappa shape index (κ3) is 6.17. The maximum Gasteiger partial charge on any atom is 0.290 e. The SMILES string of the molecule is CC(C)n1cc(CN(C)CCn2cnnc2)cn1.O=CO. The van der Waals surface area contributed by atoms with Gasteiger partial charge in [0.05, 0.1) is 6.20 Å². The van der Waals surface area contributed by atoms with Crippen LogP contribution in [0.5, 0.6) is 0 Å². The molecule has 116 valence electrons. The molecule has 8 heteroatoms. The Bertz CT molecular complexity index is 508. The van der Waals surface area contributed by atoms with E-state index in [1.54, 1.807) is 12.7 Å². The van der Waals surface area contributed by atoms with E-state index in [1.807, 2.05) is 15.4 Å². The predicted molar refractivity (Wildman–Crippen MR) is 77.7 cm³/mol. The third-order valence-electron chi connectivity index (χ3n) is 2.84. The van der Waals surface area contributed by atoms with Crippen LogP contribution in [0.15, 0.2) is 25.0 Å². The number of aromatic nitrogens is 5. The Morgan fingerprint density at radius 1 is 1.38 bits per heavy atom. The number of rotatable bonds is 6. The second-order valence-electron chi connectivity index (χ2n) is 4.97. The lowest BCUT2D eigenvalue weighted by Gasteiger charge is -2.15. The fraction of sp³-hybridized carbons (Fsp3) is 0.538. The van der Waals surface area contributed by atoms with Crippen LogP contribution in [-0.4, -0.2) is 54.6 Å². The molecule has 0 atom stereocenters. The van der Waals surface area contributed by atoms with Crippen molar-refractivity contribution in [1.29, 1.82) is 0 Å². The zero-order valence-electron chi connectivity index (χ0n) is 12.6. The van der Waals surface area contributed by atoms with Crippen LogP contribution in [-0.2, 0) is 17.9 Å². The first-order valence-corrected chi connectivity index (χ1v) is 6.68. The zero-order valence-corrected chi connectivity index (χ0v) is 12.6. The molecule has 0 aliphatic rings. The van der Waals surface area contributed by atoms with Crippen LogP contribution in [0.1, 0.15) is 25.5 Å². The molecule has 0 radical (unpaired) electrons. The molecule has 0 aromatic carbocycles. The molecule has 0 unspecified atom stereocenters. The van der Waals surface area contributed by atoms with Crippen LogP contribution in [0.3, 0.4) is 0 Å². The molecule has 1 N–H and O–H groups in total. The highest BCUT2D eigenvalue weighted by molar-refractivity contribution is 5.32. The van der Waals surface area contributed by atoms with E-state index < -0.39 is 0 Å². The zero-order chi connectivity index (χ0) is 15.7. The van der Waals surface area contributed by atoms with E-state index in [1.165, 1.54) is 5.56 Å². The summed E-state index contributed by atoms with van der Waals surface area (Å²) in [5.41, 5.74) is 1.25. The van der Waals surface area contributed by atoms with Crippen LogP contribution in [0.4, 0.5) is 0 Å². The lowest BCUT2D eigenvalue weighted by molar-refractivity contribution is -0.122. The van der Waals surface area contributed by atoms with Crippen molar-refractivity contribution in [2.45, 2.75) is 33.0 Å². The molecule has 2 heterocycles. The first-order valence-electron chi connectivity index (χ1n) is 6.68. The van der Waals surface area contributed by atoms with Gasteiger partial charge in [-0.2, -0.15) is 5.10 Å². The van der Waals surface area contributed by atoms with Crippen molar-refractivity contribution >= 4 is 6.47 Å². The fourth-order valence-corrected chi connectivity index (χ4v) is 1.76. The lowest BCUT2D eigenvalue weighted by Crippen LogP contribution is -2.22. The smallest absolute Gasteiger partial charge is 0.290 e. The number of hydrogen-bond acceptors (Lipinski definition) is 5. The Balaban J connectivity index is 0.000000677. The Labute approximate surface area is 124 Å². The van der Waals surface area contributed by atoms with Crippen molar-refractivity contribution in [3.05, 3.63) is 30.6 Å². The number of hydrogen-bond donors (Lipinski definition) is 1. The van der Waals surface area contributed by atoms with Gasteiger partial charge in [0.1, 0.15) is 12.7 Å². The van der Waals surface area contributed by atoms with Crippen LogP contribution < -0.4 is 0 Å². The summed E-state index contributed by atoms with van der Waals surface area (Å²) < 4.78 is 3.97. The molecule has 2 rings (SSSR count). The van der Waals surface area contributed by atoms with Gasteiger partial charge in [-0.3, -0.25) is 9.48 Å². The maximum atomic E-state index is 8.36. The lowest BCUT2D eigenvalue weighted by atomic mass is 10.3. The van der Waals surface area contributed by atoms with Crippen molar-refractivity contribution in [2.75, 3.05) is 13.6 Å². The summed E-state index contributed by atoms with van der Waals surface area (Å²) in [6.07, 6.45) is 7.53. The van der Waals surface area contributed by atoms with Gasteiger partial charge in [0, 0.05) is 37.4 Å². The minimum atomic E-state index is -0.250. The molecular formula is C13H22N6O2. The van der Waals surface area contributed by atoms with Crippen molar-refractivity contribution in [1.82, 2.24) is 29.4 Å². The second kappa shape index (κ2) is 8.85. The molecule has 0 saturated carbocycles. The summed E-state index contributed by atoms with van der Waals surface area (Å²) in [4.78, 5) is 10.6. The second-order valence-corrected chi connectivity index (χ2v) is 4.97. The van der Waals surface area contributed by atoms with Crippen molar-refractivity contribution < 1.29 is 9.90 Å². The average molecular weight is 294 g/mol. The van der Waals surface area contributed by atoms with Crippen molar-refractivity contribution in [3.8, 4) is 0 Å². The first kappa shape index (κ1) is 16.8. The highest BCUT2D eigenvalue weighted by atomic mass is 16.3. The monoisotopic (exact) mass is 294 g/mol. The van der Waals surface area contributed by atoms with Gasteiger partial charge in [-0.1, -0.05) is 0 Å². The topological polar surface area (TPSA) is 89.1 Å². The normalized spacial score (nSPS) is 10.5. The molecule has 0 saturated heterocycles. The maximum absolute atomic E-state index is 8.36. The standard InChI is InChI=1S/C12H20N6.CH2O2/c1-11(2)18-8-12(6-15-18)7-16(3)4-5-17-9-13-14-10-17;2-1-3/h6,8-11H,4-5,7H2,1-3H3;1H,(H,2,3). The van der Waals surface area contributed by atoms with Crippen LogP contribution >= 0.6 is 0 Å². The van der Waals surface area contributed by atoms with Crippen LogP contribution in [0.25, 0.3) is 0 Å². The molecule has 0 amide bonds. The molecule has 0 spiro atoms. The van der Waals surface area contributed by atoms with Gasteiger partial charge in [-0.25, -0.2) is 0 Å². The number of likely N-dealkylation sites (N-methyl/N-ethyl adjacent to an activating group) is 1. The number of carbonyl (C=O) groups is 1. The largest absolute Gasteiger partial charge is 0.483 e. The van der Waals surface area contributed by atoms with Crippen LogP contribution in [0.2, 0.25) is 0 Å². The van der Waals surface area contributed by atoms with Crippen LogP contribution in [0, 0.1) is 0 Å². The van der Waals surface area contributed by atoms with Gasteiger partial charge >= 0.3 is 0 Å². The molecule has 8 nitrogen and oxygen atoms in total. The quantitative estimate of drug-likeness (QED) is 0.796. The Morgan fingerprint density at radius 3 is 2.52 bits per heavy atom.